The van der Waals surface area contributed by atoms with E-state index in [0.717, 1.165) is 0 Å². The third kappa shape index (κ3) is 2.69. The van der Waals surface area contributed by atoms with Gasteiger partial charge in [0.25, 0.3) is 0 Å². The monoisotopic (exact) mass is 277 g/mol. The highest BCUT2D eigenvalue weighted by molar-refractivity contribution is 8.19. The minimum atomic E-state index is -0.243. The fraction of sp³-hybridized carbons (Fsp3) is 0.529. The Hall–Kier alpha value is -0.890. The first-order chi connectivity index (χ1) is 8.62. The van der Waals surface area contributed by atoms with Crippen LogP contribution in [0.15, 0.2) is 35.4 Å². The van der Waals surface area contributed by atoms with Crippen molar-refractivity contribution in [2.45, 2.75) is 56.1 Å². The number of thiol groups is 1. The van der Waals surface area contributed by atoms with E-state index in [-0.39, 0.29) is 10.9 Å². The molecule has 0 saturated carbocycles. The second-order valence-electron chi connectivity index (χ2n) is 7.30. The third-order valence-corrected chi connectivity index (χ3v) is 7.07. The van der Waals surface area contributed by atoms with Crippen molar-refractivity contribution in [3.8, 4) is 0 Å². The highest BCUT2D eigenvalue weighted by Crippen LogP contribution is 2.57. The van der Waals surface area contributed by atoms with E-state index in [1.807, 2.05) is 0 Å². The summed E-state index contributed by atoms with van der Waals surface area (Å²) >= 11 is 0. The molecule has 0 saturated heterocycles. The van der Waals surface area contributed by atoms with Gasteiger partial charge < -0.3 is 4.57 Å². The van der Waals surface area contributed by atoms with Gasteiger partial charge in [-0.3, -0.25) is 0 Å². The molecule has 2 aromatic rings. The van der Waals surface area contributed by atoms with Gasteiger partial charge in [-0.15, -0.1) is 0 Å². The summed E-state index contributed by atoms with van der Waals surface area (Å²) in [6.07, 6.45) is 0. The highest BCUT2D eigenvalue weighted by atomic mass is 32.2. The van der Waals surface area contributed by atoms with E-state index in [4.69, 9.17) is 0 Å². The number of aryl methyl sites for hydroxylation is 1. The summed E-state index contributed by atoms with van der Waals surface area (Å²) in [5.74, 6) is 0. The van der Waals surface area contributed by atoms with Gasteiger partial charge in [0.2, 0.25) is 0 Å². The Bertz CT molecular complexity index is 567. The average Bonchev–Trinajstić information content (AvgIpc) is 2.53. The molecule has 106 valence electrons. The lowest BCUT2D eigenvalue weighted by Gasteiger charge is -2.45. The maximum atomic E-state index is 2.40. The van der Waals surface area contributed by atoms with Gasteiger partial charge in [-0.05, 0) is 21.6 Å². The summed E-state index contributed by atoms with van der Waals surface area (Å²) in [5.41, 5.74) is 1.35. The molecule has 1 heterocycles. The number of nitrogens with zero attached hydrogens (tertiary/aromatic N) is 1. The van der Waals surface area contributed by atoms with Crippen molar-refractivity contribution in [3.63, 3.8) is 0 Å². The van der Waals surface area contributed by atoms with Crippen molar-refractivity contribution in [1.29, 1.82) is 0 Å². The molecule has 0 N–H and O–H groups in total. The van der Waals surface area contributed by atoms with E-state index < -0.39 is 0 Å². The van der Waals surface area contributed by atoms with Crippen molar-refractivity contribution in [1.82, 2.24) is 4.57 Å². The number of hydrogen-bond acceptors (Lipinski definition) is 0. The molecule has 1 aromatic carbocycles. The molecule has 0 bridgehead atoms. The fourth-order valence-electron chi connectivity index (χ4n) is 3.18. The standard InChI is InChI=1S/C17H27NS/c1-16(2,3)19(17(4,5)6)15-12-13-10-8-9-11-14(13)18(15)7/h8-12,19H,1-7H3. The summed E-state index contributed by atoms with van der Waals surface area (Å²) in [4.78, 5) is 0. The first kappa shape index (κ1) is 14.5. The Morgan fingerprint density at radius 1 is 0.895 bits per heavy atom. The van der Waals surface area contributed by atoms with Crippen LogP contribution in [-0.2, 0) is 7.05 Å². The number of hydrogen-bond donors (Lipinski definition) is 1. The second-order valence-corrected chi connectivity index (χ2v) is 11.1. The Labute approximate surface area is 120 Å². The lowest BCUT2D eigenvalue weighted by molar-refractivity contribution is 0.707. The smallest absolute Gasteiger partial charge is 0.0566 e. The summed E-state index contributed by atoms with van der Waals surface area (Å²) in [6.45, 7) is 14.3. The van der Waals surface area contributed by atoms with Crippen LogP contribution in [0, 0.1) is 0 Å². The summed E-state index contributed by atoms with van der Waals surface area (Å²) < 4.78 is 3.03. The van der Waals surface area contributed by atoms with Crippen LogP contribution in [0.5, 0.6) is 0 Å². The Balaban J connectivity index is 2.67. The zero-order valence-electron chi connectivity index (χ0n) is 13.3. The number of fused-ring (bicyclic) bond motifs is 1. The summed E-state index contributed by atoms with van der Waals surface area (Å²) in [6, 6.07) is 11.1. The molecule has 19 heavy (non-hydrogen) atoms. The van der Waals surface area contributed by atoms with Gasteiger partial charge in [-0.2, -0.15) is 0 Å². The van der Waals surface area contributed by atoms with Crippen LogP contribution >= 0.6 is 10.9 Å². The van der Waals surface area contributed by atoms with Gasteiger partial charge in [0.1, 0.15) is 0 Å². The predicted octanol–water partition coefficient (Wildman–Crippen LogP) is 5.14. The summed E-state index contributed by atoms with van der Waals surface area (Å²) in [7, 11) is 1.97. The molecule has 0 aliphatic heterocycles. The van der Waals surface area contributed by atoms with Crippen molar-refractivity contribution in [3.05, 3.63) is 30.3 Å². The van der Waals surface area contributed by atoms with Gasteiger partial charge in [-0.25, -0.2) is 10.9 Å². The van der Waals surface area contributed by atoms with Crippen LogP contribution in [0.1, 0.15) is 41.5 Å². The van der Waals surface area contributed by atoms with Gasteiger partial charge in [0.05, 0.1) is 5.03 Å². The van der Waals surface area contributed by atoms with Gasteiger partial charge in [-0.1, -0.05) is 59.7 Å². The lowest BCUT2D eigenvalue weighted by atomic mass is 10.2. The first-order valence-electron chi connectivity index (χ1n) is 6.97. The Morgan fingerprint density at radius 2 is 1.42 bits per heavy atom. The normalized spacial score (nSPS) is 13.9. The van der Waals surface area contributed by atoms with Crippen molar-refractivity contribution >= 4 is 21.8 Å². The molecule has 0 atom stereocenters. The van der Waals surface area contributed by atoms with Crippen molar-refractivity contribution in [2.24, 2.45) is 7.05 Å². The minimum absolute atomic E-state index is 0.243. The molecule has 0 spiro atoms. The Morgan fingerprint density at radius 3 is 1.89 bits per heavy atom. The van der Waals surface area contributed by atoms with Crippen LogP contribution in [-0.4, -0.2) is 14.1 Å². The zero-order valence-corrected chi connectivity index (χ0v) is 14.2. The van der Waals surface area contributed by atoms with Crippen LogP contribution in [0.4, 0.5) is 0 Å². The van der Waals surface area contributed by atoms with Crippen LogP contribution in [0.25, 0.3) is 10.9 Å². The van der Waals surface area contributed by atoms with E-state index in [1.54, 1.807) is 0 Å². The molecule has 0 amide bonds. The number of benzene rings is 1. The van der Waals surface area contributed by atoms with Gasteiger partial charge in [0.15, 0.2) is 0 Å². The zero-order chi connectivity index (χ0) is 14.4. The number of rotatable bonds is 1. The molecule has 2 heteroatoms. The second kappa shape index (κ2) is 4.59. The molecule has 2 rings (SSSR count). The quantitative estimate of drug-likeness (QED) is 0.689. The number of aromatic nitrogens is 1. The largest absolute Gasteiger partial charge is 0.340 e. The van der Waals surface area contributed by atoms with E-state index in [2.05, 4.69) is 83.5 Å². The molecular formula is C17H27NS. The molecule has 0 aliphatic rings. The van der Waals surface area contributed by atoms with Crippen LogP contribution in [0.2, 0.25) is 0 Å². The highest BCUT2D eigenvalue weighted by Gasteiger charge is 2.34. The Kier molecular flexibility index (Phi) is 3.51. The maximum absolute atomic E-state index is 2.40. The van der Waals surface area contributed by atoms with E-state index in [0.29, 0.717) is 9.49 Å². The third-order valence-electron chi connectivity index (χ3n) is 3.50. The maximum Gasteiger partial charge on any atom is 0.0566 e. The molecular weight excluding hydrogens is 250 g/mol. The SMILES string of the molecule is Cn1c([SH](C(C)(C)C)C(C)(C)C)cc2ccccc21. The molecule has 1 aromatic heterocycles. The summed E-state index contributed by atoms with van der Waals surface area (Å²) in [5, 5.41) is 2.87. The van der Waals surface area contributed by atoms with E-state index >= 15 is 0 Å². The topological polar surface area (TPSA) is 4.93 Å². The fourth-order valence-corrected chi connectivity index (χ4v) is 7.25. The van der Waals surface area contributed by atoms with E-state index in [1.165, 1.54) is 15.9 Å². The lowest BCUT2D eigenvalue weighted by Crippen LogP contribution is -2.29. The molecule has 0 radical (unpaired) electrons. The molecule has 0 unspecified atom stereocenters. The predicted molar refractivity (Wildman–Crippen MR) is 89.7 cm³/mol. The van der Waals surface area contributed by atoms with Gasteiger partial charge >= 0.3 is 0 Å². The molecule has 1 nitrogen and oxygen atoms in total. The van der Waals surface area contributed by atoms with Crippen LogP contribution < -0.4 is 0 Å². The van der Waals surface area contributed by atoms with Crippen LogP contribution in [0.3, 0.4) is 0 Å². The minimum Gasteiger partial charge on any atom is -0.340 e. The van der Waals surface area contributed by atoms with Crippen molar-refractivity contribution in [2.75, 3.05) is 0 Å². The van der Waals surface area contributed by atoms with Gasteiger partial charge in [0, 0.05) is 18.0 Å². The van der Waals surface area contributed by atoms with E-state index in [9.17, 15) is 0 Å². The average molecular weight is 277 g/mol. The number of para-hydroxylation sites is 1. The molecule has 0 aliphatic carbocycles. The molecule has 0 fully saturated rings. The van der Waals surface area contributed by atoms with Crippen molar-refractivity contribution < 1.29 is 0 Å². The first-order valence-corrected chi connectivity index (χ1v) is 8.31.